The van der Waals surface area contributed by atoms with Gasteiger partial charge in [-0.2, -0.15) is 0 Å². The lowest BCUT2D eigenvalue weighted by Gasteiger charge is -2.05. The molecule has 1 aliphatic heterocycles. The van der Waals surface area contributed by atoms with Gasteiger partial charge in [-0.15, -0.1) is 11.3 Å². The molecule has 0 spiro atoms. The Balaban J connectivity index is 1.63. The first-order valence-electron chi connectivity index (χ1n) is 7.18. The number of nitrogens with zero attached hydrogens (tertiary/aromatic N) is 1. The Morgan fingerprint density at radius 2 is 2.41 bits per heavy atom. The Kier molecular flexibility index (Phi) is 4.35. The van der Waals surface area contributed by atoms with E-state index in [0.717, 1.165) is 24.3 Å². The van der Waals surface area contributed by atoms with Gasteiger partial charge in [-0.25, -0.2) is 4.98 Å². The number of aromatic nitrogens is 2. The summed E-state index contributed by atoms with van der Waals surface area (Å²) in [5, 5.41) is 2.79. The summed E-state index contributed by atoms with van der Waals surface area (Å²) >= 11 is 1.45. The van der Waals surface area contributed by atoms with E-state index in [1.54, 1.807) is 6.92 Å². The number of carbonyl (C=O) groups is 1. The van der Waals surface area contributed by atoms with E-state index < -0.39 is 0 Å². The normalized spacial score (nSPS) is 17.6. The van der Waals surface area contributed by atoms with Crippen molar-refractivity contribution in [3.05, 3.63) is 49.8 Å². The van der Waals surface area contributed by atoms with Crippen LogP contribution in [0.3, 0.4) is 0 Å². The number of aryl methyl sites for hydroxylation is 1. The van der Waals surface area contributed by atoms with E-state index in [9.17, 15) is 9.59 Å². The summed E-state index contributed by atoms with van der Waals surface area (Å²) in [5.41, 5.74) is 0.332. The molecular weight excluding hydrogens is 302 g/mol. The summed E-state index contributed by atoms with van der Waals surface area (Å²) in [4.78, 5) is 32.0. The number of amides is 1. The van der Waals surface area contributed by atoms with E-state index in [2.05, 4.69) is 15.3 Å². The third-order valence-electron chi connectivity index (χ3n) is 3.44. The van der Waals surface area contributed by atoms with E-state index in [-0.39, 0.29) is 24.1 Å². The summed E-state index contributed by atoms with van der Waals surface area (Å²) < 4.78 is 5.62. The number of nitrogens with one attached hydrogen (secondary N) is 2. The van der Waals surface area contributed by atoms with Crippen LogP contribution in [0, 0.1) is 6.92 Å². The van der Waals surface area contributed by atoms with Crippen molar-refractivity contribution < 1.29 is 9.53 Å². The van der Waals surface area contributed by atoms with Gasteiger partial charge in [0.1, 0.15) is 5.82 Å². The van der Waals surface area contributed by atoms with Crippen molar-refractivity contribution in [2.24, 2.45) is 0 Å². The van der Waals surface area contributed by atoms with Crippen LogP contribution >= 0.6 is 11.3 Å². The second-order valence-corrected chi connectivity index (χ2v) is 6.32. The molecule has 1 unspecified atom stereocenters. The molecule has 1 atom stereocenters. The van der Waals surface area contributed by atoms with Gasteiger partial charge >= 0.3 is 0 Å². The highest BCUT2D eigenvalue weighted by atomic mass is 32.1. The molecule has 1 aliphatic rings. The topological polar surface area (TPSA) is 84.1 Å². The van der Waals surface area contributed by atoms with E-state index in [1.807, 2.05) is 12.1 Å². The first kappa shape index (κ1) is 14.9. The first-order chi connectivity index (χ1) is 10.6. The lowest BCUT2D eigenvalue weighted by Crippen LogP contribution is -2.24. The number of aromatic amines is 1. The fourth-order valence-electron chi connectivity index (χ4n) is 2.44. The summed E-state index contributed by atoms with van der Waals surface area (Å²) in [6.07, 6.45) is 2.21. The molecule has 1 amide bonds. The molecule has 116 valence electrons. The molecule has 6 nitrogen and oxygen atoms in total. The van der Waals surface area contributed by atoms with E-state index in [4.69, 9.17) is 4.74 Å². The van der Waals surface area contributed by atoms with Gasteiger partial charge < -0.3 is 15.0 Å². The Bertz CT molecular complexity index is 732. The monoisotopic (exact) mass is 319 g/mol. The van der Waals surface area contributed by atoms with Gasteiger partial charge in [0.25, 0.3) is 11.5 Å². The summed E-state index contributed by atoms with van der Waals surface area (Å²) in [5.74, 6) is 0.377. The highest BCUT2D eigenvalue weighted by molar-refractivity contribution is 7.14. The van der Waals surface area contributed by atoms with Gasteiger partial charge in [0.05, 0.1) is 23.2 Å². The lowest BCUT2D eigenvalue weighted by molar-refractivity contribution is 0.0954. The molecule has 0 saturated carbocycles. The van der Waals surface area contributed by atoms with Crippen molar-refractivity contribution in [1.29, 1.82) is 0 Å². The molecule has 1 saturated heterocycles. The number of hydrogen-bond donors (Lipinski definition) is 2. The van der Waals surface area contributed by atoms with E-state index in [0.29, 0.717) is 16.4 Å². The SMILES string of the molecule is Cc1nc(CNC(=O)c2ccc(C3CCCO3)s2)cc(=O)[nH]1. The Morgan fingerprint density at radius 1 is 1.55 bits per heavy atom. The molecule has 0 bridgehead atoms. The minimum Gasteiger partial charge on any atom is -0.373 e. The third kappa shape index (κ3) is 3.42. The third-order valence-corrected chi connectivity index (χ3v) is 4.62. The highest BCUT2D eigenvalue weighted by Gasteiger charge is 2.20. The van der Waals surface area contributed by atoms with Crippen LogP contribution in [-0.4, -0.2) is 22.5 Å². The fraction of sp³-hybridized carbons (Fsp3) is 0.400. The maximum atomic E-state index is 12.2. The van der Waals surface area contributed by atoms with Gasteiger partial charge in [-0.1, -0.05) is 0 Å². The van der Waals surface area contributed by atoms with Crippen molar-refractivity contribution in [2.75, 3.05) is 6.61 Å². The Labute approximate surface area is 131 Å². The molecule has 7 heteroatoms. The number of rotatable bonds is 4. The van der Waals surface area contributed by atoms with Crippen LogP contribution in [-0.2, 0) is 11.3 Å². The van der Waals surface area contributed by atoms with Crippen LogP contribution in [0.1, 0.15) is 45.0 Å². The Hall–Kier alpha value is -1.99. The van der Waals surface area contributed by atoms with Gasteiger partial charge in [0.15, 0.2) is 0 Å². The van der Waals surface area contributed by atoms with Crippen LogP contribution < -0.4 is 10.9 Å². The summed E-state index contributed by atoms with van der Waals surface area (Å²) in [6.45, 7) is 2.73. The number of carbonyl (C=O) groups excluding carboxylic acids is 1. The predicted molar refractivity (Wildman–Crippen MR) is 83.0 cm³/mol. The summed E-state index contributed by atoms with van der Waals surface area (Å²) in [7, 11) is 0. The van der Waals surface area contributed by atoms with E-state index in [1.165, 1.54) is 17.4 Å². The molecule has 2 aromatic rings. The number of ether oxygens (including phenoxy) is 1. The van der Waals surface area contributed by atoms with Gasteiger partial charge in [0.2, 0.25) is 0 Å². The molecule has 1 fully saturated rings. The average Bonchev–Trinajstić information content (AvgIpc) is 3.14. The van der Waals surface area contributed by atoms with E-state index >= 15 is 0 Å². The van der Waals surface area contributed by atoms with Crippen LogP contribution in [0.4, 0.5) is 0 Å². The van der Waals surface area contributed by atoms with Crippen molar-refractivity contribution in [2.45, 2.75) is 32.4 Å². The maximum absolute atomic E-state index is 12.2. The molecule has 3 rings (SSSR count). The molecule has 0 aliphatic carbocycles. The number of thiophene rings is 1. The number of H-pyrrole nitrogens is 1. The predicted octanol–water partition coefficient (Wildman–Crippen LogP) is 1.92. The van der Waals surface area contributed by atoms with Gasteiger partial charge in [0, 0.05) is 17.6 Å². The van der Waals surface area contributed by atoms with Gasteiger partial charge in [-0.3, -0.25) is 9.59 Å². The smallest absolute Gasteiger partial charge is 0.261 e. The van der Waals surface area contributed by atoms with Crippen LogP contribution in [0.2, 0.25) is 0 Å². The summed E-state index contributed by atoms with van der Waals surface area (Å²) in [6, 6.07) is 5.15. The molecule has 2 aromatic heterocycles. The minimum absolute atomic E-state index is 0.128. The lowest BCUT2D eigenvalue weighted by atomic mass is 10.2. The Morgan fingerprint density at radius 3 is 3.14 bits per heavy atom. The molecule has 0 aromatic carbocycles. The second-order valence-electron chi connectivity index (χ2n) is 5.21. The zero-order chi connectivity index (χ0) is 15.5. The molecule has 3 heterocycles. The second kappa shape index (κ2) is 6.41. The number of hydrogen-bond acceptors (Lipinski definition) is 5. The van der Waals surface area contributed by atoms with Crippen molar-refractivity contribution in [1.82, 2.24) is 15.3 Å². The van der Waals surface area contributed by atoms with Crippen molar-refractivity contribution >= 4 is 17.2 Å². The molecular formula is C15H17N3O3S. The maximum Gasteiger partial charge on any atom is 0.261 e. The van der Waals surface area contributed by atoms with Gasteiger partial charge in [-0.05, 0) is 31.9 Å². The minimum atomic E-state index is -0.214. The molecule has 0 radical (unpaired) electrons. The zero-order valence-electron chi connectivity index (χ0n) is 12.2. The molecule has 2 N–H and O–H groups in total. The van der Waals surface area contributed by atoms with Crippen LogP contribution in [0.15, 0.2) is 23.0 Å². The fourth-order valence-corrected chi connectivity index (χ4v) is 3.45. The molecule has 22 heavy (non-hydrogen) atoms. The first-order valence-corrected chi connectivity index (χ1v) is 8.00. The quantitative estimate of drug-likeness (QED) is 0.902. The van der Waals surface area contributed by atoms with Crippen LogP contribution in [0.25, 0.3) is 0 Å². The standard InChI is InChI=1S/C15H17N3O3S/c1-9-17-10(7-14(19)18-9)8-16-15(20)13-5-4-12(22-13)11-3-2-6-21-11/h4-5,7,11H,2-3,6,8H2,1H3,(H,16,20)(H,17,18,19). The average molecular weight is 319 g/mol. The highest BCUT2D eigenvalue weighted by Crippen LogP contribution is 2.33. The van der Waals surface area contributed by atoms with Crippen molar-refractivity contribution in [3.63, 3.8) is 0 Å². The van der Waals surface area contributed by atoms with Crippen LogP contribution in [0.5, 0.6) is 0 Å². The zero-order valence-corrected chi connectivity index (χ0v) is 13.0. The largest absolute Gasteiger partial charge is 0.373 e. The van der Waals surface area contributed by atoms with Crippen molar-refractivity contribution in [3.8, 4) is 0 Å².